The van der Waals surface area contributed by atoms with Crippen LogP contribution >= 0.6 is 0 Å². The summed E-state index contributed by atoms with van der Waals surface area (Å²) >= 11 is 3.47. The van der Waals surface area contributed by atoms with Gasteiger partial charge in [0.15, 0.2) is 15.0 Å². The summed E-state index contributed by atoms with van der Waals surface area (Å²) in [6, 6.07) is 4.09. The Kier molecular flexibility index (Phi) is 7.79. The quantitative estimate of drug-likeness (QED) is 0.385. The lowest BCUT2D eigenvalue weighted by atomic mass is 10.1. The fourth-order valence-corrected chi connectivity index (χ4v) is 2.67. The molecule has 15 heteroatoms. The molecule has 0 amide bonds. The largest absolute Gasteiger partial charge is 0.743 e. The molecule has 0 aliphatic heterocycles. The first-order valence-electron chi connectivity index (χ1n) is 6.67. The van der Waals surface area contributed by atoms with Crippen LogP contribution in [0.2, 0.25) is 0 Å². The van der Waals surface area contributed by atoms with Gasteiger partial charge in [0.05, 0.1) is 7.11 Å². The van der Waals surface area contributed by atoms with Crippen molar-refractivity contribution in [2.24, 2.45) is 0 Å². The Balaban J connectivity index is 0.000000567. The molecular weight excluding hydrogens is 455 g/mol. The molecule has 1 aromatic rings. The first kappa shape index (κ1) is 26.6. The van der Waals surface area contributed by atoms with Crippen molar-refractivity contribution in [2.45, 2.75) is 42.0 Å². The number of hydrogen-bond donors (Lipinski definition) is 0. The summed E-state index contributed by atoms with van der Waals surface area (Å²) in [6.45, 7) is 4.07. The van der Waals surface area contributed by atoms with Gasteiger partial charge in [0.1, 0.15) is 5.75 Å². The summed E-state index contributed by atoms with van der Waals surface area (Å²) in [4.78, 5) is 1.10. The van der Waals surface area contributed by atoms with Crippen molar-refractivity contribution in [1.29, 1.82) is 0 Å². The Morgan fingerprint density at radius 1 is 0.893 bits per heavy atom. The minimum absolute atomic E-state index is 0.979. The number of halogens is 9. The molecule has 0 radical (unpaired) electrons. The van der Waals surface area contributed by atoms with Gasteiger partial charge in [-0.15, -0.1) is 0 Å². The van der Waals surface area contributed by atoms with E-state index in [1.165, 1.54) is 0 Å². The van der Waals surface area contributed by atoms with Gasteiger partial charge in [-0.05, 0) is 49.7 Å². The molecule has 0 fully saturated rings. The zero-order chi connectivity index (χ0) is 22.9. The average Bonchev–Trinajstić information content (AvgIpc) is 2.44. The number of alkyl halides is 9. The Hall–Kier alpha value is -1.35. The molecule has 28 heavy (non-hydrogen) atoms. The van der Waals surface area contributed by atoms with Crippen molar-refractivity contribution in [3.8, 4) is 5.75 Å². The Bertz CT molecular complexity index is 782. The molecule has 0 saturated heterocycles. The van der Waals surface area contributed by atoms with Gasteiger partial charge < -0.3 is 9.29 Å². The zero-order valence-electron chi connectivity index (χ0n) is 14.1. The van der Waals surface area contributed by atoms with E-state index in [0.717, 1.165) is 21.8 Å². The van der Waals surface area contributed by atoms with E-state index in [-0.39, 0.29) is 0 Å². The highest BCUT2D eigenvalue weighted by Crippen LogP contribution is 2.54. The summed E-state index contributed by atoms with van der Waals surface area (Å²) in [5, 5.41) is -7.11. The monoisotopic (exact) mass is 468 g/mol. The summed E-state index contributed by atoms with van der Waals surface area (Å²) < 4.78 is 141. The van der Waals surface area contributed by atoms with E-state index in [2.05, 4.69) is 12.6 Å². The van der Waals surface area contributed by atoms with Crippen LogP contribution in [-0.4, -0.2) is 43.4 Å². The summed E-state index contributed by atoms with van der Waals surface area (Å²) in [5.41, 5.74) is 2.33. The number of aryl methyl sites for hydroxylation is 2. The lowest BCUT2D eigenvalue weighted by molar-refractivity contribution is -0.382. The Morgan fingerprint density at radius 2 is 1.25 bits per heavy atom. The van der Waals surface area contributed by atoms with E-state index in [1.54, 1.807) is 7.11 Å². The number of rotatable bonds is 4. The summed E-state index contributed by atoms with van der Waals surface area (Å²) in [5.74, 6) is -13.8. The number of benzene rings is 1. The van der Waals surface area contributed by atoms with Crippen LogP contribution in [0.25, 0.3) is 0 Å². The van der Waals surface area contributed by atoms with Gasteiger partial charge in [0, 0.05) is 0 Å². The van der Waals surface area contributed by atoms with Gasteiger partial charge in [-0.1, -0.05) is 0 Å². The van der Waals surface area contributed by atoms with Gasteiger partial charge in [-0.2, -0.15) is 39.5 Å². The van der Waals surface area contributed by atoms with Crippen LogP contribution in [0.4, 0.5) is 39.5 Å². The second kappa shape index (κ2) is 8.18. The van der Waals surface area contributed by atoms with E-state index in [1.807, 2.05) is 26.0 Å². The molecule has 1 rings (SSSR count). The third-order valence-electron chi connectivity index (χ3n) is 3.09. The van der Waals surface area contributed by atoms with E-state index in [4.69, 9.17) is 4.74 Å². The smallest absolute Gasteiger partial charge is 0.460 e. The highest BCUT2D eigenvalue weighted by atomic mass is 32.2. The van der Waals surface area contributed by atoms with Gasteiger partial charge in [-0.3, -0.25) is 0 Å². The van der Waals surface area contributed by atoms with E-state index < -0.39 is 33.4 Å². The maximum atomic E-state index is 12.2. The zero-order valence-corrected chi connectivity index (χ0v) is 15.9. The predicted molar refractivity (Wildman–Crippen MR) is 81.5 cm³/mol. The van der Waals surface area contributed by atoms with E-state index in [9.17, 15) is 52.5 Å². The van der Waals surface area contributed by atoms with Crippen LogP contribution in [-0.2, 0) is 22.7 Å². The highest BCUT2D eigenvalue weighted by Gasteiger charge is 2.83. The van der Waals surface area contributed by atoms with E-state index in [0.29, 0.717) is 0 Å². The van der Waals surface area contributed by atoms with Crippen molar-refractivity contribution >= 4 is 22.7 Å². The van der Waals surface area contributed by atoms with Crippen molar-refractivity contribution in [1.82, 2.24) is 0 Å². The molecule has 0 atom stereocenters. The minimum Gasteiger partial charge on any atom is -0.743 e. The minimum atomic E-state index is -7.43. The molecule has 0 bridgehead atoms. The molecule has 4 nitrogen and oxygen atoms in total. The maximum Gasteiger partial charge on any atom is 0.460 e. The average molecular weight is 468 g/mol. The predicted octanol–water partition coefficient (Wildman–Crippen LogP) is 3.64. The molecule has 1 aromatic carbocycles. The van der Waals surface area contributed by atoms with Crippen molar-refractivity contribution < 1.29 is 57.2 Å². The molecule has 164 valence electrons. The highest BCUT2D eigenvalue weighted by molar-refractivity contribution is 7.86. The Labute approximate surface area is 158 Å². The molecule has 0 saturated carbocycles. The fraction of sp³-hybridized carbons (Fsp3) is 0.538. The van der Waals surface area contributed by atoms with Crippen LogP contribution in [0.15, 0.2) is 17.0 Å². The van der Waals surface area contributed by atoms with Gasteiger partial charge in [-0.25, -0.2) is 8.42 Å². The topological polar surface area (TPSA) is 66.4 Å². The first-order valence-corrected chi connectivity index (χ1v) is 8.58. The number of ether oxygens (including phenoxy) is 1. The summed E-state index contributed by atoms with van der Waals surface area (Å²) in [7, 11) is -5.72. The summed E-state index contributed by atoms with van der Waals surface area (Å²) in [6.07, 6.45) is -7.16. The van der Waals surface area contributed by atoms with Crippen molar-refractivity contribution in [2.75, 3.05) is 7.11 Å². The van der Waals surface area contributed by atoms with Crippen molar-refractivity contribution in [3.63, 3.8) is 0 Å². The first-order chi connectivity index (χ1) is 12.1. The molecule has 0 N–H and O–H groups in total. The van der Waals surface area contributed by atoms with E-state index >= 15 is 0 Å². The van der Waals surface area contributed by atoms with Gasteiger partial charge in [0.25, 0.3) is 0 Å². The van der Waals surface area contributed by atoms with Crippen molar-refractivity contribution in [3.05, 3.63) is 23.3 Å². The number of methoxy groups -OCH3 is 1. The normalized spacial score (nSPS) is 13.6. The molecule has 0 aromatic heterocycles. The van der Waals surface area contributed by atoms with Crippen LogP contribution < -0.4 is 4.74 Å². The molecular formula is C13H13F9O4S2. The van der Waals surface area contributed by atoms with Crippen LogP contribution in [0.1, 0.15) is 11.1 Å². The van der Waals surface area contributed by atoms with Crippen LogP contribution in [0.5, 0.6) is 5.75 Å². The third kappa shape index (κ3) is 4.97. The lowest BCUT2D eigenvalue weighted by Gasteiger charge is -2.34. The van der Waals surface area contributed by atoms with Crippen LogP contribution in [0, 0.1) is 13.8 Å². The third-order valence-corrected chi connectivity index (χ3v) is 4.27. The number of hydrogen-bond acceptors (Lipinski definition) is 4. The SMILES string of the molecule is COc1c(C)cc([SH2+])cc1C.O=S(=O)([O-])C(F)(F)C(F)(F)C(F)(F)C(F)(F)F. The second-order valence-corrected chi connectivity index (χ2v) is 7.26. The molecule has 0 aliphatic rings. The molecule has 0 aliphatic carbocycles. The van der Waals surface area contributed by atoms with Gasteiger partial charge in [0.2, 0.25) is 0 Å². The lowest BCUT2D eigenvalue weighted by Crippen LogP contribution is -2.63. The fourth-order valence-electron chi connectivity index (χ4n) is 1.79. The standard InChI is InChI=1S/C9H12OS.C4HF9O3S/c1-6-4-8(11)5-7(2)9(6)10-3;5-1(6,3(9,10)11)2(7,8)4(12,13)17(14,15)16/h4-5,11H,1-3H3;(H,14,15,16). The molecule has 0 unspecified atom stereocenters. The van der Waals surface area contributed by atoms with Gasteiger partial charge >= 0.3 is 23.3 Å². The second-order valence-electron chi connectivity index (χ2n) is 5.26. The molecule has 0 heterocycles. The maximum absolute atomic E-state index is 12.2. The Morgan fingerprint density at radius 3 is 1.50 bits per heavy atom. The van der Waals surface area contributed by atoms with Crippen LogP contribution in [0.3, 0.4) is 0 Å². The molecule has 0 spiro atoms.